The molecular formula is C18H15BrClN. The molecule has 0 N–H and O–H groups in total. The maximum Gasteiger partial charge on any atom is 0.0705 e. The fourth-order valence-electron chi connectivity index (χ4n) is 2.33. The molecule has 0 saturated heterocycles. The van der Waals surface area contributed by atoms with Crippen molar-refractivity contribution in [2.75, 3.05) is 0 Å². The second-order valence-electron chi connectivity index (χ2n) is 5.18. The third kappa shape index (κ3) is 3.28. The van der Waals surface area contributed by atoms with Crippen LogP contribution in [0.15, 0.2) is 54.6 Å². The van der Waals surface area contributed by atoms with Gasteiger partial charge in [-0.25, -0.2) is 0 Å². The summed E-state index contributed by atoms with van der Waals surface area (Å²) in [7, 11) is 0. The number of para-hydroxylation sites is 1. The van der Waals surface area contributed by atoms with Crippen molar-refractivity contribution in [2.24, 2.45) is 0 Å². The second-order valence-corrected chi connectivity index (χ2v) is 6.69. The van der Waals surface area contributed by atoms with E-state index in [1.165, 1.54) is 10.9 Å². The van der Waals surface area contributed by atoms with Crippen LogP contribution in [0.4, 0.5) is 0 Å². The van der Waals surface area contributed by atoms with Crippen molar-refractivity contribution < 1.29 is 0 Å². The average molecular weight is 361 g/mol. The molecule has 2 aromatic carbocycles. The Morgan fingerprint density at radius 3 is 2.71 bits per heavy atom. The van der Waals surface area contributed by atoms with Gasteiger partial charge in [0.15, 0.2) is 0 Å². The molecule has 0 radical (unpaired) electrons. The van der Waals surface area contributed by atoms with E-state index in [9.17, 15) is 0 Å². The summed E-state index contributed by atoms with van der Waals surface area (Å²) in [5, 5.41) is 1.98. The zero-order valence-electron chi connectivity index (χ0n) is 11.7. The highest BCUT2D eigenvalue weighted by molar-refractivity contribution is 9.09. The van der Waals surface area contributed by atoms with Crippen molar-refractivity contribution >= 4 is 38.4 Å². The minimum Gasteiger partial charge on any atom is -0.253 e. The SMILES string of the molecule is Cc1ccc(C(Br)Cc2ccc3ccccc3n2)cc1Cl. The van der Waals surface area contributed by atoms with Crippen LogP contribution in [0, 0.1) is 6.92 Å². The molecule has 106 valence electrons. The third-order valence-corrected chi connectivity index (χ3v) is 4.86. The number of hydrogen-bond acceptors (Lipinski definition) is 1. The Balaban J connectivity index is 1.85. The first-order valence-corrected chi connectivity index (χ1v) is 8.17. The lowest BCUT2D eigenvalue weighted by Crippen LogP contribution is -1.98. The predicted octanol–water partition coefficient (Wildman–Crippen LogP) is 5.88. The summed E-state index contributed by atoms with van der Waals surface area (Å²) in [5.41, 5.74) is 4.40. The van der Waals surface area contributed by atoms with E-state index < -0.39 is 0 Å². The maximum absolute atomic E-state index is 6.20. The van der Waals surface area contributed by atoms with Crippen LogP contribution in [0.5, 0.6) is 0 Å². The highest BCUT2D eigenvalue weighted by atomic mass is 79.9. The summed E-state index contributed by atoms with van der Waals surface area (Å²) in [6.45, 7) is 2.01. The molecule has 3 heteroatoms. The van der Waals surface area contributed by atoms with Crippen molar-refractivity contribution in [2.45, 2.75) is 18.2 Å². The Bertz CT molecular complexity index is 785. The molecule has 21 heavy (non-hydrogen) atoms. The van der Waals surface area contributed by atoms with Crippen LogP contribution in [0.3, 0.4) is 0 Å². The number of aryl methyl sites for hydroxylation is 1. The quantitative estimate of drug-likeness (QED) is 0.532. The van der Waals surface area contributed by atoms with E-state index in [1.807, 2.05) is 31.2 Å². The van der Waals surface area contributed by atoms with Crippen LogP contribution >= 0.6 is 27.5 Å². The maximum atomic E-state index is 6.20. The number of nitrogens with zero attached hydrogens (tertiary/aromatic N) is 1. The first-order chi connectivity index (χ1) is 10.1. The Labute approximate surface area is 138 Å². The van der Waals surface area contributed by atoms with Crippen molar-refractivity contribution in [1.29, 1.82) is 0 Å². The molecule has 1 heterocycles. The van der Waals surface area contributed by atoms with Gasteiger partial charge in [0.05, 0.1) is 5.52 Å². The van der Waals surface area contributed by atoms with Gasteiger partial charge in [-0.15, -0.1) is 0 Å². The van der Waals surface area contributed by atoms with Gasteiger partial charge in [-0.2, -0.15) is 0 Å². The van der Waals surface area contributed by atoms with E-state index >= 15 is 0 Å². The Morgan fingerprint density at radius 2 is 1.90 bits per heavy atom. The number of halogens is 2. The number of hydrogen-bond donors (Lipinski definition) is 0. The van der Waals surface area contributed by atoms with Gasteiger partial charge in [0, 0.05) is 27.4 Å². The summed E-state index contributed by atoms with van der Waals surface area (Å²) in [6, 6.07) is 18.6. The van der Waals surface area contributed by atoms with E-state index in [2.05, 4.69) is 46.3 Å². The first kappa shape index (κ1) is 14.6. The van der Waals surface area contributed by atoms with Crippen LogP contribution < -0.4 is 0 Å². The summed E-state index contributed by atoms with van der Waals surface area (Å²) in [5.74, 6) is 0. The van der Waals surface area contributed by atoms with Gasteiger partial charge >= 0.3 is 0 Å². The predicted molar refractivity (Wildman–Crippen MR) is 93.3 cm³/mol. The largest absolute Gasteiger partial charge is 0.253 e. The summed E-state index contributed by atoms with van der Waals surface area (Å²) in [4.78, 5) is 4.93. The van der Waals surface area contributed by atoms with Gasteiger partial charge in [-0.05, 0) is 36.2 Å². The van der Waals surface area contributed by atoms with Crippen molar-refractivity contribution in [3.8, 4) is 0 Å². The van der Waals surface area contributed by atoms with E-state index in [0.717, 1.165) is 28.2 Å². The van der Waals surface area contributed by atoms with Gasteiger partial charge in [0.1, 0.15) is 0 Å². The highest BCUT2D eigenvalue weighted by Gasteiger charge is 2.11. The van der Waals surface area contributed by atoms with Crippen molar-refractivity contribution in [3.05, 3.63) is 76.4 Å². The monoisotopic (exact) mass is 359 g/mol. The Kier molecular flexibility index (Phi) is 4.27. The van der Waals surface area contributed by atoms with E-state index in [-0.39, 0.29) is 4.83 Å². The topological polar surface area (TPSA) is 12.9 Å². The number of alkyl halides is 1. The Hall–Kier alpha value is -1.38. The standard InChI is InChI=1S/C18H15BrClN/c1-12-6-7-14(10-17(12)20)16(19)11-15-9-8-13-4-2-3-5-18(13)21-15/h2-10,16H,11H2,1H3. The molecule has 3 rings (SSSR count). The van der Waals surface area contributed by atoms with Crippen LogP contribution in [0.2, 0.25) is 5.02 Å². The molecule has 1 aromatic heterocycles. The fraction of sp³-hybridized carbons (Fsp3) is 0.167. The highest BCUT2D eigenvalue weighted by Crippen LogP contribution is 2.30. The zero-order valence-corrected chi connectivity index (χ0v) is 14.0. The first-order valence-electron chi connectivity index (χ1n) is 6.88. The van der Waals surface area contributed by atoms with Crippen molar-refractivity contribution in [1.82, 2.24) is 4.98 Å². The molecule has 1 atom stereocenters. The minimum absolute atomic E-state index is 0.212. The lowest BCUT2D eigenvalue weighted by atomic mass is 10.1. The molecule has 1 nitrogen and oxygen atoms in total. The number of rotatable bonds is 3. The lowest BCUT2D eigenvalue weighted by Gasteiger charge is -2.11. The molecule has 0 fully saturated rings. The second kappa shape index (κ2) is 6.17. The van der Waals surface area contributed by atoms with E-state index in [4.69, 9.17) is 16.6 Å². The molecule has 0 spiro atoms. The molecule has 0 saturated carbocycles. The van der Waals surface area contributed by atoms with Gasteiger partial charge in [0.25, 0.3) is 0 Å². The van der Waals surface area contributed by atoms with E-state index in [1.54, 1.807) is 0 Å². The number of fused-ring (bicyclic) bond motifs is 1. The summed E-state index contributed by atoms with van der Waals surface area (Å²) in [6.07, 6.45) is 0.838. The molecule has 0 amide bonds. The number of aromatic nitrogens is 1. The summed E-state index contributed by atoms with van der Waals surface area (Å²) < 4.78 is 0. The van der Waals surface area contributed by atoms with Crippen LogP contribution in [0.1, 0.15) is 21.6 Å². The molecule has 1 unspecified atom stereocenters. The van der Waals surface area contributed by atoms with Crippen LogP contribution in [0.25, 0.3) is 10.9 Å². The fourth-order valence-corrected chi connectivity index (χ4v) is 3.13. The van der Waals surface area contributed by atoms with Crippen LogP contribution in [-0.4, -0.2) is 4.98 Å². The zero-order chi connectivity index (χ0) is 14.8. The molecule has 3 aromatic rings. The van der Waals surface area contributed by atoms with Crippen molar-refractivity contribution in [3.63, 3.8) is 0 Å². The number of pyridine rings is 1. The normalized spacial score (nSPS) is 12.5. The van der Waals surface area contributed by atoms with Gasteiger partial charge in [0.2, 0.25) is 0 Å². The molecule has 0 aliphatic heterocycles. The lowest BCUT2D eigenvalue weighted by molar-refractivity contribution is 0.912. The van der Waals surface area contributed by atoms with Gasteiger partial charge in [-0.1, -0.05) is 63.9 Å². The van der Waals surface area contributed by atoms with E-state index in [0.29, 0.717) is 0 Å². The molecule has 0 aliphatic carbocycles. The molecule has 0 aliphatic rings. The molecule has 0 bridgehead atoms. The van der Waals surface area contributed by atoms with Gasteiger partial charge < -0.3 is 0 Å². The smallest absolute Gasteiger partial charge is 0.0705 e. The third-order valence-electron chi connectivity index (χ3n) is 3.60. The number of benzene rings is 2. The minimum atomic E-state index is 0.212. The van der Waals surface area contributed by atoms with Gasteiger partial charge in [-0.3, -0.25) is 4.98 Å². The summed E-state index contributed by atoms with van der Waals surface area (Å²) >= 11 is 9.95. The average Bonchev–Trinajstić information content (AvgIpc) is 2.50. The molecular weight excluding hydrogens is 346 g/mol. The van der Waals surface area contributed by atoms with Crippen LogP contribution in [-0.2, 0) is 6.42 Å². The Morgan fingerprint density at radius 1 is 1.10 bits per heavy atom.